The van der Waals surface area contributed by atoms with Crippen molar-refractivity contribution in [2.45, 2.75) is 12.5 Å². The second-order valence-corrected chi connectivity index (χ2v) is 4.81. The van der Waals surface area contributed by atoms with Crippen molar-refractivity contribution < 1.29 is 19.4 Å². The monoisotopic (exact) mass is 305 g/mol. The molecule has 1 rings (SSSR count). The van der Waals surface area contributed by atoms with E-state index >= 15 is 0 Å². The summed E-state index contributed by atoms with van der Waals surface area (Å²) in [6.45, 7) is 0.669. The lowest BCUT2D eigenvalue weighted by molar-refractivity contribution is 0.0723. The fraction of sp³-hybridized carbons (Fsp3) is 0.364. The topological polar surface area (TPSA) is 69.6 Å². The Bertz CT molecular complexity index is 421. The molecule has 0 radical (unpaired) electrons. The summed E-state index contributed by atoms with van der Waals surface area (Å²) in [5, 5.41) is 20.5. The van der Waals surface area contributed by atoms with E-state index < -0.39 is 30.5 Å². The third-order valence-electron chi connectivity index (χ3n) is 2.30. The molecule has 0 atom stereocenters. The number of hydrogen-bond donors (Lipinski definition) is 3. The number of nitrogens with one attached hydrogen (secondary N) is 1. The Hall–Kier alpha value is -0.980. The van der Waals surface area contributed by atoms with Gasteiger partial charge in [0.05, 0.1) is 23.2 Å². The lowest BCUT2D eigenvalue weighted by Gasteiger charge is -2.26. The Morgan fingerprint density at radius 1 is 1.47 bits per heavy atom. The molecule has 4 nitrogen and oxygen atoms in total. The standard InChI is InChI=1S/C11H13BrFNO3/c1-11(5-15,6-16)14-10(17)7-2-3-8(12)9(13)4-7/h2-4,15-16H,5-6H2,1H3,(H,14,17). The molecule has 0 aromatic heterocycles. The highest BCUT2D eigenvalue weighted by atomic mass is 79.9. The third kappa shape index (κ3) is 3.49. The second kappa shape index (κ2) is 5.57. The average Bonchev–Trinajstić information content (AvgIpc) is 2.32. The predicted octanol–water partition coefficient (Wildman–Crippen LogP) is 1.06. The Kier molecular flexibility index (Phi) is 4.62. The van der Waals surface area contributed by atoms with E-state index in [-0.39, 0.29) is 10.0 Å². The van der Waals surface area contributed by atoms with E-state index in [0.717, 1.165) is 6.07 Å². The lowest BCUT2D eigenvalue weighted by Crippen LogP contribution is -2.51. The van der Waals surface area contributed by atoms with Gasteiger partial charge in [-0.15, -0.1) is 0 Å². The number of aliphatic hydroxyl groups is 2. The minimum Gasteiger partial charge on any atom is -0.394 e. The van der Waals surface area contributed by atoms with Gasteiger partial charge in [-0.3, -0.25) is 4.79 Å². The van der Waals surface area contributed by atoms with E-state index in [0.29, 0.717) is 0 Å². The van der Waals surface area contributed by atoms with Crippen LogP contribution in [0.2, 0.25) is 0 Å². The van der Waals surface area contributed by atoms with Crippen molar-refractivity contribution in [3.8, 4) is 0 Å². The van der Waals surface area contributed by atoms with Crippen LogP contribution < -0.4 is 5.32 Å². The van der Waals surface area contributed by atoms with Crippen LogP contribution >= 0.6 is 15.9 Å². The van der Waals surface area contributed by atoms with Gasteiger partial charge in [0, 0.05) is 5.56 Å². The number of rotatable bonds is 4. The van der Waals surface area contributed by atoms with Gasteiger partial charge in [-0.05, 0) is 41.1 Å². The van der Waals surface area contributed by atoms with Gasteiger partial charge in [0.2, 0.25) is 0 Å². The second-order valence-electron chi connectivity index (χ2n) is 3.96. The van der Waals surface area contributed by atoms with Gasteiger partial charge in [0.1, 0.15) is 5.82 Å². The lowest BCUT2D eigenvalue weighted by atomic mass is 10.0. The summed E-state index contributed by atoms with van der Waals surface area (Å²) in [7, 11) is 0. The molecule has 1 amide bonds. The van der Waals surface area contributed by atoms with Gasteiger partial charge in [-0.2, -0.15) is 0 Å². The fourth-order valence-electron chi connectivity index (χ4n) is 1.11. The zero-order valence-electron chi connectivity index (χ0n) is 9.20. The van der Waals surface area contributed by atoms with Gasteiger partial charge in [-0.1, -0.05) is 0 Å². The summed E-state index contributed by atoms with van der Waals surface area (Å²) in [4.78, 5) is 11.7. The van der Waals surface area contributed by atoms with E-state index in [9.17, 15) is 9.18 Å². The SMILES string of the molecule is CC(CO)(CO)NC(=O)c1ccc(Br)c(F)c1. The van der Waals surface area contributed by atoms with Crippen LogP contribution in [0.15, 0.2) is 22.7 Å². The summed E-state index contributed by atoms with van der Waals surface area (Å²) in [6, 6.07) is 3.94. The molecule has 0 heterocycles. The molecule has 94 valence electrons. The normalized spacial score (nSPS) is 11.4. The van der Waals surface area contributed by atoms with Crippen molar-refractivity contribution in [1.82, 2.24) is 5.32 Å². The minimum atomic E-state index is -1.12. The molecule has 3 N–H and O–H groups in total. The Labute approximate surface area is 107 Å². The molecular weight excluding hydrogens is 293 g/mol. The number of benzene rings is 1. The van der Waals surface area contributed by atoms with E-state index in [1.54, 1.807) is 0 Å². The molecule has 0 saturated carbocycles. The number of aliphatic hydroxyl groups excluding tert-OH is 2. The van der Waals surface area contributed by atoms with Gasteiger partial charge in [0.15, 0.2) is 0 Å². The first-order valence-electron chi connectivity index (χ1n) is 4.91. The molecule has 0 aliphatic carbocycles. The first-order valence-corrected chi connectivity index (χ1v) is 5.70. The third-order valence-corrected chi connectivity index (χ3v) is 2.94. The van der Waals surface area contributed by atoms with Crippen LogP contribution in [0.4, 0.5) is 4.39 Å². The van der Waals surface area contributed by atoms with Crippen molar-refractivity contribution in [3.63, 3.8) is 0 Å². The summed E-state index contributed by atoms with van der Waals surface area (Å²) in [5.41, 5.74) is -1.00. The highest BCUT2D eigenvalue weighted by Gasteiger charge is 2.25. The number of carbonyl (C=O) groups excluding carboxylic acids is 1. The van der Waals surface area contributed by atoms with Crippen LogP contribution in [-0.2, 0) is 0 Å². The molecule has 1 aromatic rings. The highest BCUT2D eigenvalue weighted by molar-refractivity contribution is 9.10. The van der Waals surface area contributed by atoms with E-state index in [2.05, 4.69) is 21.2 Å². The molecule has 0 aliphatic rings. The summed E-state index contributed by atoms with van der Waals surface area (Å²) in [5.74, 6) is -1.10. The number of carbonyl (C=O) groups is 1. The molecule has 0 saturated heterocycles. The quantitative estimate of drug-likeness (QED) is 0.779. The molecule has 0 fully saturated rings. The molecule has 1 aromatic carbocycles. The smallest absolute Gasteiger partial charge is 0.251 e. The first kappa shape index (κ1) is 14.1. The van der Waals surface area contributed by atoms with Crippen molar-refractivity contribution in [2.75, 3.05) is 13.2 Å². The zero-order chi connectivity index (χ0) is 13.1. The van der Waals surface area contributed by atoms with Gasteiger partial charge in [-0.25, -0.2) is 4.39 Å². The summed E-state index contributed by atoms with van der Waals surface area (Å²) in [6.07, 6.45) is 0. The predicted molar refractivity (Wildman–Crippen MR) is 64.1 cm³/mol. The maximum absolute atomic E-state index is 13.2. The van der Waals surface area contributed by atoms with Crippen LogP contribution in [0.1, 0.15) is 17.3 Å². The van der Waals surface area contributed by atoms with Crippen molar-refractivity contribution in [2.24, 2.45) is 0 Å². The maximum Gasteiger partial charge on any atom is 0.251 e. The number of halogens is 2. The Morgan fingerprint density at radius 2 is 2.06 bits per heavy atom. The number of hydrogen-bond acceptors (Lipinski definition) is 3. The van der Waals surface area contributed by atoms with Crippen molar-refractivity contribution in [1.29, 1.82) is 0 Å². The zero-order valence-corrected chi connectivity index (χ0v) is 10.8. The van der Waals surface area contributed by atoms with Crippen molar-refractivity contribution >= 4 is 21.8 Å². The molecule has 0 bridgehead atoms. The molecule has 0 aliphatic heterocycles. The fourth-order valence-corrected chi connectivity index (χ4v) is 1.36. The van der Waals surface area contributed by atoms with E-state index in [1.165, 1.54) is 19.1 Å². The molecule has 6 heteroatoms. The van der Waals surface area contributed by atoms with Crippen LogP contribution in [-0.4, -0.2) is 34.9 Å². The van der Waals surface area contributed by atoms with Crippen LogP contribution in [0, 0.1) is 5.82 Å². The number of amides is 1. The molecule has 0 unspecified atom stereocenters. The minimum absolute atomic E-state index is 0.124. The first-order chi connectivity index (χ1) is 7.91. The largest absolute Gasteiger partial charge is 0.394 e. The molecular formula is C11H13BrFNO3. The van der Waals surface area contributed by atoms with Crippen molar-refractivity contribution in [3.05, 3.63) is 34.1 Å². The molecule has 17 heavy (non-hydrogen) atoms. The average molecular weight is 306 g/mol. The van der Waals surface area contributed by atoms with Gasteiger partial charge in [0.25, 0.3) is 5.91 Å². The highest BCUT2D eigenvalue weighted by Crippen LogP contribution is 2.16. The van der Waals surface area contributed by atoms with Gasteiger partial charge < -0.3 is 15.5 Å². The summed E-state index contributed by atoms with van der Waals surface area (Å²) < 4.78 is 13.5. The molecule has 0 spiro atoms. The maximum atomic E-state index is 13.2. The van der Waals surface area contributed by atoms with Gasteiger partial charge >= 0.3 is 0 Å². The van der Waals surface area contributed by atoms with Crippen LogP contribution in [0.5, 0.6) is 0 Å². The Morgan fingerprint density at radius 3 is 2.53 bits per heavy atom. The van der Waals surface area contributed by atoms with E-state index in [4.69, 9.17) is 10.2 Å². The van der Waals surface area contributed by atoms with Crippen LogP contribution in [0.25, 0.3) is 0 Å². The van der Waals surface area contributed by atoms with Crippen LogP contribution in [0.3, 0.4) is 0 Å². The van der Waals surface area contributed by atoms with E-state index in [1.807, 2.05) is 0 Å². The Balaban J connectivity index is 2.86. The summed E-state index contributed by atoms with van der Waals surface area (Å²) >= 11 is 2.98.